The highest BCUT2D eigenvalue weighted by Crippen LogP contribution is 2.33. The number of allylic oxidation sites excluding steroid dienone is 4. The second-order valence-electron chi connectivity index (χ2n) is 11.2. The summed E-state index contributed by atoms with van der Waals surface area (Å²) >= 11 is 1.17. The standard InChI is InChI=1S/C28H33N5O3S.C7H16/c1-8-17(3)10-11-21(18(4)9-2)16-36-28-33-32-27(37-28)31-26(34)24-14-29-19(5)12-22(24)23-13-20(6)30-15-25(23)35-7;1-5-7(4)6(2)3/h8,10-15H,9,16H2,1-7H3,(H,31,32,34);6-7H,5H2,1-4H3/b11-10-,17-8-,21-18?;. The van der Waals surface area contributed by atoms with Crippen LogP contribution in [0.15, 0.2) is 59.5 Å². The highest BCUT2D eigenvalue weighted by Gasteiger charge is 2.19. The molecule has 0 spiro atoms. The Labute approximate surface area is 267 Å². The summed E-state index contributed by atoms with van der Waals surface area (Å²) in [5, 5.41) is 11.7. The van der Waals surface area contributed by atoms with E-state index in [1.54, 1.807) is 19.5 Å². The van der Waals surface area contributed by atoms with Gasteiger partial charge in [-0.1, -0.05) is 75.5 Å². The van der Waals surface area contributed by atoms with Crippen LogP contribution in [0, 0.1) is 25.7 Å². The summed E-state index contributed by atoms with van der Waals surface area (Å²) in [7, 11) is 1.58. The minimum atomic E-state index is -0.353. The van der Waals surface area contributed by atoms with Crippen LogP contribution in [0.4, 0.5) is 5.13 Å². The Morgan fingerprint density at radius 2 is 1.66 bits per heavy atom. The molecule has 0 aromatic carbocycles. The van der Waals surface area contributed by atoms with Crippen LogP contribution in [-0.4, -0.2) is 39.8 Å². The number of nitrogens with one attached hydrogen (secondary N) is 1. The van der Waals surface area contributed by atoms with Crippen molar-refractivity contribution in [2.45, 2.75) is 82.1 Å². The molecule has 9 heteroatoms. The number of ether oxygens (including phenoxy) is 2. The lowest BCUT2D eigenvalue weighted by Crippen LogP contribution is -2.14. The average molecular weight is 620 g/mol. The third kappa shape index (κ3) is 11.0. The lowest BCUT2D eigenvalue weighted by molar-refractivity contribution is 0.102. The molecule has 3 aromatic heterocycles. The molecule has 0 saturated heterocycles. The monoisotopic (exact) mass is 619 g/mol. The van der Waals surface area contributed by atoms with Crippen molar-refractivity contribution in [2.24, 2.45) is 11.8 Å². The van der Waals surface area contributed by atoms with Crippen molar-refractivity contribution in [1.82, 2.24) is 20.2 Å². The number of amides is 1. The van der Waals surface area contributed by atoms with Gasteiger partial charge in [0, 0.05) is 28.7 Å². The summed E-state index contributed by atoms with van der Waals surface area (Å²) in [5.74, 6) is 1.99. The molecular formula is C35H49N5O3S. The molecule has 3 rings (SSSR count). The van der Waals surface area contributed by atoms with E-state index in [4.69, 9.17) is 9.47 Å². The summed E-state index contributed by atoms with van der Waals surface area (Å²) in [6.45, 7) is 21.5. The highest BCUT2D eigenvalue weighted by molar-refractivity contribution is 7.17. The molecular weight excluding hydrogens is 570 g/mol. The molecule has 238 valence electrons. The van der Waals surface area contributed by atoms with Crippen LogP contribution in [0.1, 0.15) is 90.0 Å². The molecule has 1 atom stereocenters. The van der Waals surface area contributed by atoms with E-state index in [0.717, 1.165) is 40.8 Å². The third-order valence-corrected chi connectivity index (χ3v) is 8.39. The number of aromatic nitrogens is 4. The first-order chi connectivity index (χ1) is 20.9. The summed E-state index contributed by atoms with van der Waals surface area (Å²) in [5.41, 5.74) is 6.93. The summed E-state index contributed by atoms with van der Waals surface area (Å²) in [4.78, 5) is 21.9. The number of hydrogen-bond acceptors (Lipinski definition) is 8. The van der Waals surface area contributed by atoms with Crippen LogP contribution in [0.5, 0.6) is 10.9 Å². The summed E-state index contributed by atoms with van der Waals surface area (Å²) < 4.78 is 11.4. The van der Waals surface area contributed by atoms with Crippen LogP contribution >= 0.6 is 11.3 Å². The van der Waals surface area contributed by atoms with E-state index in [1.807, 2.05) is 32.9 Å². The number of carbonyl (C=O) groups is 1. The summed E-state index contributed by atoms with van der Waals surface area (Å²) in [6.07, 6.45) is 11.6. The number of pyridine rings is 2. The molecule has 0 bridgehead atoms. The van der Waals surface area contributed by atoms with Crippen molar-refractivity contribution >= 4 is 22.4 Å². The minimum Gasteiger partial charge on any atom is -0.494 e. The van der Waals surface area contributed by atoms with Crippen molar-refractivity contribution in [2.75, 3.05) is 19.0 Å². The Bertz CT molecular complexity index is 1470. The number of nitrogens with zero attached hydrogens (tertiary/aromatic N) is 4. The van der Waals surface area contributed by atoms with Crippen molar-refractivity contribution in [3.63, 3.8) is 0 Å². The fraction of sp³-hybridized carbons (Fsp3) is 0.457. The Morgan fingerprint density at radius 3 is 2.23 bits per heavy atom. The second-order valence-corrected chi connectivity index (χ2v) is 12.1. The number of hydrogen-bond donors (Lipinski definition) is 1. The molecule has 0 aliphatic heterocycles. The number of carbonyl (C=O) groups excluding carboxylic acids is 1. The largest absolute Gasteiger partial charge is 0.494 e. The van der Waals surface area contributed by atoms with E-state index in [2.05, 4.69) is 92.2 Å². The first-order valence-corrected chi connectivity index (χ1v) is 16.0. The lowest BCUT2D eigenvalue weighted by Gasteiger charge is -2.13. The Morgan fingerprint density at radius 1 is 1.00 bits per heavy atom. The van der Waals surface area contributed by atoms with E-state index in [0.29, 0.717) is 33.8 Å². The maximum absolute atomic E-state index is 13.3. The molecule has 3 aromatic rings. The molecule has 0 radical (unpaired) electrons. The first-order valence-electron chi connectivity index (χ1n) is 15.2. The second kappa shape index (κ2) is 18.1. The number of aryl methyl sites for hydroxylation is 2. The van der Waals surface area contributed by atoms with Gasteiger partial charge in [0.1, 0.15) is 12.4 Å². The quantitative estimate of drug-likeness (QED) is 0.202. The van der Waals surface area contributed by atoms with Crippen LogP contribution in [-0.2, 0) is 0 Å². The van der Waals surface area contributed by atoms with E-state index >= 15 is 0 Å². The zero-order chi connectivity index (χ0) is 32.8. The molecule has 1 amide bonds. The van der Waals surface area contributed by atoms with Crippen molar-refractivity contribution in [1.29, 1.82) is 0 Å². The van der Waals surface area contributed by atoms with Gasteiger partial charge in [-0.2, -0.15) is 0 Å². The van der Waals surface area contributed by atoms with Crippen LogP contribution < -0.4 is 14.8 Å². The molecule has 0 saturated carbocycles. The Hall–Kier alpha value is -3.85. The van der Waals surface area contributed by atoms with E-state index in [-0.39, 0.29) is 5.91 Å². The molecule has 1 N–H and O–H groups in total. The van der Waals surface area contributed by atoms with Gasteiger partial charge in [0.25, 0.3) is 11.1 Å². The van der Waals surface area contributed by atoms with E-state index < -0.39 is 0 Å². The van der Waals surface area contributed by atoms with E-state index in [9.17, 15) is 4.79 Å². The zero-order valence-electron chi connectivity index (χ0n) is 28.2. The predicted molar refractivity (Wildman–Crippen MR) is 183 cm³/mol. The molecule has 0 fully saturated rings. The highest BCUT2D eigenvalue weighted by atomic mass is 32.1. The van der Waals surface area contributed by atoms with Crippen molar-refractivity contribution in [3.8, 4) is 22.1 Å². The lowest BCUT2D eigenvalue weighted by atomic mass is 9.96. The Kier molecular flexibility index (Phi) is 14.9. The van der Waals surface area contributed by atoms with Crippen LogP contribution in [0.25, 0.3) is 11.1 Å². The smallest absolute Gasteiger partial charge is 0.296 e. The van der Waals surface area contributed by atoms with Gasteiger partial charge in [0.05, 0.1) is 18.9 Å². The van der Waals surface area contributed by atoms with Gasteiger partial charge in [-0.15, -0.1) is 5.10 Å². The minimum absolute atomic E-state index is 0.336. The van der Waals surface area contributed by atoms with Crippen molar-refractivity contribution < 1.29 is 14.3 Å². The molecule has 3 heterocycles. The SMILES string of the molecule is C/C=C(C)\C=C/C(COc1nnc(NC(=O)c2cnc(C)cc2-c2cc(C)ncc2OC)s1)=C(C)CC.CCC(C)C(C)C. The molecule has 0 aliphatic carbocycles. The molecule has 1 unspecified atom stereocenters. The van der Waals surface area contributed by atoms with Gasteiger partial charge in [-0.05, 0) is 81.9 Å². The van der Waals surface area contributed by atoms with Gasteiger partial charge in [-0.3, -0.25) is 20.1 Å². The molecule has 0 aliphatic rings. The first kappa shape index (κ1) is 36.3. The number of anilines is 1. The van der Waals surface area contributed by atoms with Crippen LogP contribution in [0.3, 0.4) is 0 Å². The fourth-order valence-corrected chi connectivity index (χ4v) is 4.44. The maximum Gasteiger partial charge on any atom is 0.296 e. The van der Waals surface area contributed by atoms with Gasteiger partial charge in [-0.25, -0.2) is 0 Å². The normalized spacial score (nSPS) is 12.9. The molecule has 8 nitrogen and oxygen atoms in total. The van der Waals surface area contributed by atoms with Crippen molar-refractivity contribution in [3.05, 3.63) is 76.4 Å². The topological polar surface area (TPSA) is 99.1 Å². The van der Waals surface area contributed by atoms with Gasteiger partial charge >= 0.3 is 0 Å². The zero-order valence-corrected chi connectivity index (χ0v) is 29.1. The van der Waals surface area contributed by atoms with E-state index in [1.165, 1.54) is 28.9 Å². The van der Waals surface area contributed by atoms with Gasteiger partial charge < -0.3 is 9.47 Å². The van der Waals surface area contributed by atoms with Gasteiger partial charge in [0.2, 0.25) is 5.13 Å². The number of rotatable bonds is 12. The maximum atomic E-state index is 13.3. The summed E-state index contributed by atoms with van der Waals surface area (Å²) in [6, 6.07) is 3.74. The molecule has 44 heavy (non-hydrogen) atoms. The fourth-order valence-electron chi connectivity index (χ4n) is 3.85. The predicted octanol–water partition coefficient (Wildman–Crippen LogP) is 9.19. The average Bonchev–Trinajstić information content (AvgIpc) is 3.46. The number of methoxy groups -OCH3 is 1. The third-order valence-electron chi connectivity index (χ3n) is 7.64. The Balaban J connectivity index is 0.000000860. The van der Waals surface area contributed by atoms with Gasteiger partial charge in [0.15, 0.2) is 0 Å². The van der Waals surface area contributed by atoms with Crippen LogP contribution in [0.2, 0.25) is 0 Å².